The molecule has 0 aliphatic carbocycles. The number of carbonyl (C=O) groups is 1. The van der Waals surface area contributed by atoms with Crippen molar-refractivity contribution in [1.82, 2.24) is 19.6 Å². The number of carbonyl (C=O) groups excluding carboxylic acids is 1. The Morgan fingerprint density at radius 2 is 2.28 bits per heavy atom. The van der Waals surface area contributed by atoms with Crippen LogP contribution in [-0.2, 0) is 13.6 Å². The standard InChI is InChI=1S/C13H16N4O/c1-4-17-10(2)11(9-14-17)5-6-13(18)12-7-8-16(3)15-12/h5-9H,4H2,1-3H3/b6-5+. The van der Waals surface area contributed by atoms with E-state index in [9.17, 15) is 4.79 Å². The summed E-state index contributed by atoms with van der Waals surface area (Å²) in [6.45, 7) is 4.85. The van der Waals surface area contributed by atoms with Gasteiger partial charge in [0.15, 0.2) is 0 Å². The van der Waals surface area contributed by atoms with E-state index < -0.39 is 0 Å². The highest BCUT2D eigenvalue weighted by Gasteiger charge is 2.06. The van der Waals surface area contributed by atoms with Gasteiger partial charge in [-0.3, -0.25) is 14.2 Å². The molecule has 0 saturated heterocycles. The molecule has 2 aromatic rings. The molecule has 2 aromatic heterocycles. The van der Waals surface area contributed by atoms with E-state index in [1.54, 1.807) is 36.3 Å². The number of hydrogen-bond acceptors (Lipinski definition) is 3. The van der Waals surface area contributed by atoms with Crippen LogP contribution in [0.15, 0.2) is 24.5 Å². The first-order chi connectivity index (χ1) is 8.61. The van der Waals surface area contributed by atoms with Gasteiger partial charge in [-0.25, -0.2) is 0 Å². The van der Waals surface area contributed by atoms with Gasteiger partial charge in [-0.1, -0.05) is 0 Å². The van der Waals surface area contributed by atoms with Crippen LogP contribution < -0.4 is 0 Å². The van der Waals surface area contributed by atoms with Gasteiger partial charge in [-0.2, -0.15) is 10.2 Å². The first-order valence-electron chi connectivity index (χ1n) is 5.86. The number of ketones is 1. The Morgan fingerprint density at radius 1 is 1.50 bits per heavy atom. The molecule has 0 aliphatic rings. The lowest BCUT2D eigenvalue weighted by Crippen LogP contribution is -1.99. The van der Waals surface area contributed by atoms with Crippen molar-refractivity contribution in [3.63, 3.8) is 0 Å². The molecule has 0 spiro atoms. The van der Waals surface area contributed by atoms with E-state index in [1.807, 2.05) is 18.5 Å². The van der Waals surface area contributed by atoms with Crippen molar-refractivity contribution >= 4 is 11.9 Å². The molecule has 0 bridgehead atoms. The molecule has 0 aliphatic heterocycles. The monoisotopic (exact) mass is 244 g/mol. The molecule has 0 unspecified atom stereocenters. The third kappa shape index (κ3) is 2.40. The van der Waals surface area contributed by atoms with Crippen LogP contribution in [0.4, 0.5) is 0 Å². The lowest BCUT2D eigenvalue weighted by molar-refractivity contribution is 0.104. The highest BCUT2D eigenvalue weighted by Crippen LogP contribution is 2.10. The van der Waals surface area contributed by atoms with Crippen molar-refractivity contribution in [2.24, 2.45) is 7.05 Å². The Morgan fingerprint density at radius 3 is 2.83 bits per heavy atom. The SMILES string of the molecule is CCn1ncc(/C=C/C(=O)c2ccn(C)n2)c1C. The van der Waals surface area contributed by atoms with Gasteiger partial charge in [0.1, 0.15) is 5.69 Å². The average molecular weight is 244 g/mol. The zero-order valence-electron chi connectivity index (χ0n) is 10.8. The van der Waals surface area contributed by atoms with E-state index in [0.717, 1.165) is 17.8 Å². The second kappa shape index (κ2) is 5.00. The summed E-state index contributed by atoms with van der Waals surface area (Å²) in [5, 5.41) is 8.29. The minimum absolute atomic E-state index is 0.0979. The molecule has 0 fully saturated rings. The highest BCUT2D eigenvalue weighted by molar-refractivity contribution is 6.05. The second-order valence-electron chi connectivity index (χ2n) is 4.07. The maximum Gasteiger partial charge on any atom is 0.206 e. The summed E-state index contributed by atoms with van der Waals surface area (Å²) in [7, 11) is 1.79. The van der Waals surface area contributed by atoms with E-state index in [0.29, 0.717) is 5.69 Å². The number of rotatable bonds is 4. The Kier molecular flexibility index (Phi) is 3.41. The number of hydrogen-bond donors (Lipinski definition) is 0. The molecule has 18 heavy (non-hydrogen) atoms. The number of aryl methyl sites for hydroxylation is 2. The van der Waals surface area contributed by atoms with Gasteiger partial charge in [0, 0.05) is 31.0 Å². The molecule has 0 atom stereocenters. The summed E-state index contributed by atoms with van der Waals surface area (Å²) < 4.78 is 3.51. The van der Waals surface area contributed by atoms with Crippen LogP contribution in [0.1, 0.15) is 28.7 Å². The fourth-order valence-corrected chi connectivity index (χ4v) is 1.74. The van der Waals surface area contributed by atoms with E-state index in [2.05, 4.69) is 10.2 Å². The topological polar surface area (TPSA) is 52.7 Å². The van der Waals surface area contributed by atoms with E-state index >= 15 is 0 Å². The Labute approximate surface area is 106 Å². The number of allylic oxidation sites excluding steroid dienone is 1. The molecule has 2 rings (SSSR count). The summed E-state index contributed by atoms with van der Waals surface area (Å²) in [4.78, 5) is 11.8. The Bertz CT molecular complexity index is 592. The van der Waals surface area contributed by atoms with Crippen molar-refractivity contribution in [3.05, 3.63) is 41.5 Å². The zero-order valence-corrected chi connectivity index (χ0v) is 10.8. The fraction of sp³-hybridized carbons (Fsp3) is 0.308. The van der Waals surface area contributed by atoms with Crippen molar-refractivity contribution in [3.8, 4) is 0 Å². The van der Waals surface area contributed by atoms with Crippen molar-refractivity contribution < 1.29 is 4.79 Å². The van der Waals surface area contributed by atoms with E-state index in [-0.39, 0.29) is 5.78 Å². The first kappa shape index (κ1) is 12.3. The second-order valence-corrected chi connectivity index (χ2v) is 4.07. The maximum absolute atomic E-state index is 11.8. The normalized spacial score (nSPS) is 11.3. The molecule has 94 valence electrons. The summed E-state index contributed by atoms with van der Waals surface area (Å²) in [5.74, 6) is -0.0979. The van der Waals surface area contributed by atoms with E-state index in [1.165, 1.54) is 6.08 Å². The fourth-order valence-electron chi connectivity index (χ4n) is 1.74. The van der Waals surface area contributed by atoms with Crippen LogP contribution in [0.3, 0.4) is 0 Å². The predicted molar refractivity (Wildman–Crippen MR) is 69.2 cm³/mol. The summed E-state index contributed by atoms with van der Waals surface area (Å²) in [5.41, 5.74) is 2.47. The minimum atomic E-state index is -0.0979. The van der Waals surface area contributed by atoms with Crippen LogP contribution in [0, 0.1) is 6.92 Å². The van der Waals surface area contributed by atoms with Crippen LogP contribution in [0.2, 0.25) is 0 Å². The number of aromatic nitrogens is 4. The summed E-state index contributed by atoms with van der Waals surface area (Å²) in [6.07, 6.45) is 6.83. The molecule has 2 heterocycles. The first-order valence-corrected chi connectivity index (χ1v) is 5.86. The summed E-state index contributed by atoms with van der Waals surface area (Å²) >= 11 is 0. The highest BCUT2D eigenvalue weighted by atomic mass is 16.1. The molecular weight excluding hydrogens is 228 g/mol. The van der Waals surface area contributed by atoms with Gasteiger partial charge in [0.2, 0.25) is 5.78 Å². The number of nitrogens with zero attached hydrogens (tertiary/aromatic N) is 4. The Balaban J connectivity index is 2.15. The van der Waals surface area contributed by atoms with Crippen molar-refractivity contribution in [1.29, 1.82) is 0 Å². The lowest BCUT2D eigenvalue weighted by Gasteiger charge is -1.98. The lowest BCUT2D eigenvalue weighted by atomic mass is 10.2. The molecule has 0 aromatic carbocycles. The zero-order chi connectivity index (χ0) is 13.1. The molecule has 0 N–H and O–H groups in total. The molecular formula is C13H16N4O. The maximum atomic E-state index is 11.8. The predicted octanol–water partition coefficient (Wildman–Crippen LogP) is 1.84. The van der Waals surface area contributed by atoms with Crippen LogP contribution in [0.5, 0.6) is 0 Å². The van der Waals surface area contributed by atoms with Crippen molar-refractivity contribution in [2.45, 2.75) is 20.4 Å². The molecule has 5 heteroatoms. The van der Waals surface area contributed by atoms with E-state index in [4.69, 9.17) is 0 Å². The quantitative estimate of drug-likeness (QED) is 0.609. The Hall–Kier alpha value is -2.17. The third-order valence-corrected chi connectivity index (χ3v) is 2.82. The van der Waals surface area contributed by atoms with Gasteiger partial charge in [0.25, 0.3) is 0 Å². The van der Waals surface area contributed by atoms with Crippen LogP contribution >= 0.6 is 0 Å². The molecule has 0 radical (unpaired) electrons. The molecule has 0 saturated carbocycles. The van der Waals surface area contributed by atoms with Gasteiger partial charge in [-0.15, -0.1) is 0 Å². The van der Waals surface area contributed by atoms with Gasteiger partial charge in [0.05, 0.1) is 6.20 Å². The summed E-state index contributed by atoms with van der Waals surface area (Å²) in [6, 6.07) is 1.70. The smallest absolute Gasteiger partial charge is 0.206 e. The van der Waals surface area contributed by atoms with Gasteiger partial charge >= 0.3 is 0 Å². The van der Waals surface area contributed by atoms with Gasteiger partial charge < -0.3 is 0 Å². The third-order valence-electron chi connectivity index (χ3n) is 2.82. The molecule has 5 nitrogen and oxygen atoms in total. The minimum Gasteiger partial charge on any atom is -0.287 e. The molecule has 0 amide bonds. The average Bonchev–Trinajstić information content (AvgIpc) is 2.93. The van der Waals surface area contributed by atoms with Crippen molar-refractivity contribution in [2.75, 3.05) is 0 Å². The van der Waals surface area contributed by atoms with Crippen LogP contribution in [0.25, 0.3) is 6.08 Å². The van der Waals surface area contributed by atoms with Crippen LogP contribution in [-0.4, -0.2) is 25.3 Å². The largest absolute Gasteiger partial charge is 0.287 e. The van der Waals surface area contributed by atoms with Gasteiger partial charge in [-0.05, 0) is 32.1 Å².